The number of aldehydes is 1. The predicted octanol–water partition coefficient (Wildman–Crippen LogP) is 2.91. The minimum Gasteiger partial charge on any atom is -0.363 e. The number of hydrogen-bond donors (Lipinski definition) is 0. The van der Waals surface area contributed by atoms with E-state index < -0.39 is 11.6 Å². The molecule has 0 N–H and O–H groups in total. The van der Waals surface area contributed by atoms with Gasteiger partial charge >= 0.3 is 0 Å². The summed E-state index contributed by atoms with van der Waals surface area (Å²) in [5.41, 5.74) is -0.233. The van der Waals surface area contributed by atoms with Gasteiger partial charge in [-0.05, 0) is 26.0 Å². The number of carbonyl (C=O) groups excluding carboxylic acids is 1. The van der Waals surface area contributed by atoms with Gasteiger partial charge in [0.1, 0.15) is 23.6 Å². The van der Waals surface area contributed by atoms with E-state index in [0.29, 0.717) is 6.29 Å². The predicted molar refractivity (Wildman–Crippen MR) is 64.5 cm³/mol. The van der Waals surface area contributed by atoms with E-state index in [1.165, 1.54) is 4.90 Å². The molecule has 0 fully saturated rings. The van der Waals surface area contributed by atoms with Gasteiger partial charge in [-0.25, -0.2) is 8.78 Å². The molecule has 0 atom stereocenters. The summed E-state index contributed by atoms with van der Waals surface area (Å²) in [5.74, 6) is -1.58. The average molecular weight is 252 g/mol. The molecule has 3 nitrogen and oxygen atoms in total. The second-order valence-electron chi connectivity index (χ2n) is 4.15. The lowest BCUT2D eigenvalue weighted by molar-refractivity contribution is 0.112. The Hall–Kier alpha value is -1.96. The minimum atomic E-state index is -0.788. The van der Waals surface area contributed by atoms with Crippen molar-refractivity contribution in [1.29, 1.82) is 5.26 Å². The van der Waals surface area contributed by atoms with Crippen molar-refractivity contribution in [2.24, 2.45) is 0 Å². The number of hydrogen-bond acceptors (Lipinski definition) is 3. The van der Waals surface area contributed by atoms with Crippen LogP contribution in [0.25, 0.3) is 0 Å². The highest BCUT2D eigenvalue weighted by Gasteiger charge is 2.20. The smallest absolute Gasteiger partial charge is 0.150 e. The molecule has 0 unspecified atom stereocenters. The molecule has 18 heavy (non-hydrogen) atoms. The summed E-state index contributed by atoms with van der Waals surface area (Å²) in [7, 11) is 0. The number of rotatable bonds is 5. The lowest BCUT2D eigenvalue weighted by Crippen LogP contribution is -2.33. The van der Waals surface area contributed by atoms with Gasteiger partial charge in [-0.2, -0.15) is 5.26 Å². The maximum Gasteiger partial charge on any atom is 0.150 e. The summed E-state index contributed by atoms with van der Waals surface area (Å²) in [6, 6.07) is 3.78. The van der Waals surface area contributed by atoms with Gasteiger partial charge in [-0.3, -0.25) is 4.79 Å². The van der Waals surface area contributed by atoms with Crippen LogP contribution in [0.2, 0.25) is 0 Å². The molecule has 0 heterocycles. The number of halogens is 2. The molecule has 96 valence electrons. The summed E-state index contributed by atoms with van der Waals surface area (Å²) in [6.45, 7) is 3.80. The van der Waals surface area contributed by atoms with E-state index in [9.17, 15) is 13.6 Å². The van der Waals surface area contributed by atoms with E-state index in [2.05, 4.69) is 0 Å². The zero-order valence-corrected chi connectivity index (χ0v) is 10.3. The van der Waals surface area contributed by atoms with Gasteiger partial charge in [0.05, 0.1) is 12.5 Å². The van der Waals surface area contributed by atoms with Crippen molar-refractivity contribution in [1.82, 2.24) is 0 Å². The normalized spacial score (nSPS) is 10.2. The van der Waals surface area contributed by atoms with Crippen molar-refractivity contribution in [2.45, 2.75) is 26.3 Å². The molecule has 0 bridgehead atoms. The SMILES string of the molecule is CC(C)N(CCC#N)c1c(F)cc(C=O)cc1F. The first-order valence-electron chi connectivity index (χ1n) is 5.59. The Morgan fingerprint density at radius 3 is 2.33 bits per heavy atom. The molecule has 0 aliphatic rings. The van der Waals surface area contributed by atoms with Crippen LogP contribution < -0.4 is 4.90 Å². The lowest BCUT2D eigenvalue weighted by Gasteiger charge is -2.28. The van der Waals surface area contributed by atoms with Crippen molar-refractivity contribution < 1.29 is 13.6 Å². The number of nitriles is 1. The highest BCUT2D eigenvalue weighted by atomic mass is 19.1. The second-order valence-corrected chi connectivity index (χ2v) is 4.15. The van der Waals surface area contributed by atoms with Gasteiger partial charge in [0.2, 0.25) is 0 Å². The Balaban J connectivity index is 3.20. The fourth-order valence-electron chi connectivity index (χ4n) is 1.73. The fourth-order valence-corrected chi connectivity index (χ4v) is 1.73. The zero-order chi connectivity index (χ0) is 13.7. The van der Waals surface area contributed by atoms with Gasteiger partial charge in [0.25, 0.3) is 0 Å². The molecule has 0 aliphatic carbocycles. The summed E-state index contributed by atoms with van der Waals surface area (Å²) in [4.78, 5) is 12.0. The highest BCUT2D eigenvalue weighted by molar-refractivity contribution is 5.76. The Morgan fingerprint density at radius 2 is 1.94 bits per heavy atom. The van der Waals surface area contributed by atoms with E-state index in [1.54, 1.807) is 13.8 Å². The van der Waals surface area contributed by atoms with Gasteiger partial charge < -0.3 is 4.90 Å². The van der Waals surface area contributed by atoms with Crippen molar-refractivity contribution in [3.63, 3.8) is 0 Å². The minimum absolute atomic E-state index is 0.0438. The molecule has 1 aromatic rings. The Labute approximate surface area is 105 Å². The van der Waals surface area contributed by atoms with Crippen LogP contribution in [0.5, 0.6) is 0 Å². The third-order valence-electron chi connectivity index (χ3n) is 2.55. The maximum absolute atomic E-state index is 13.8. The van der Waals surface area contributed by atoms with Crippen LogP contribution in [-0.4, -0.2) is 18.9 Å². The molecule has 1 aromatic carbocycles. The first-order chi connectivity index (χ1) is 8.51. The van der Waals surface area contributed by atoms with Gasteiger partial charge in [0, 0.05) is 18.2 Å². The van der Waals surface area contributed by atoms with Gasteiger partial charge in [-0.15, -0.1) is 0 Å². The second kappa shape index (κ2) is 6.10. The molecular weight excluding hydrogens is 238 g/mol. The molecule has 0 saturated carbocycles. The van der Waals surface area contributed by atoms with Crippen molar-refractivity contribution in [3.05, 3.63) is 29.3 Å². The summed E-state index contributed by atoms with van der Waals surface area (Å²) in [6.07, 6.45) is 0.567. The van der Waals surface area contributed by atoms with Crippen LogP contribution in [-0.2, 0) is 0 Å². The van der Waals surface area contributed by atoms with Crippen LogP contribution in [0.15, 0.2) is 12.1 Å². The van der Waals surface area contributed by atoms with Gasteiger partial charge in [-0.1, -0.05) is 0 Å². The third-order valence-corrected chi connectivity index (χ3v) is 2.55. The summed E-state index contributed by atoms with van der Waals surface area (Å²) < 4.78 is 27.6. The first kappa shape index (κ1) is 14.1. The third kappa shape index (κ3) is 3.04. The number of nitrogens with zero attached hydrogens (tertiary/aromatic N) is 2. The first-order valence-corrected chi connectivity index (χ1v) is 5.59. The quantitative estimate of drug-likeness (QED) is 0.757. The fraction of sp³-hybridized carbons (Fsp3) is 0.385. The van der Waals surface area contributed by atoms with Crippen molar-refractivity contribution in [3.8, 4) is 6.07 Å². The van der Waals surface area contributed by atoms with Crippen LogP contribution in [0.1, 0.15) is 30.6 Å². The Morgan fingerprint density at radius 1 is 1.39 bits per heavy atom. The standard InChI is InChI=1S/C13H14F2N2O/c1-9(2)17(5-3-4-16)13-11(14)6-10(8-18)7-12(13)15/h6-9H,3,5H2,1-2H3. The lowest BCUT2D eigenvalue weighted by atomic mass is 10.1. The molecule has 0 amide bonds. The molecule has 0 aromatic heterocycles. The topological polar surface area (TPSA) is 44.1 Å². The van der Waals surface area contributed by atoms with E-state index >= 15 is 0 Å². The molecule has 5 heteroatoms. The maximum atomic E-state index is 13.8. The Kier molecular flexibility index (Phi) is 4.78. The number of benzene rings is 1. The van der Waals surface area contributed by atoms with E-state index in [0.717, 1.165) is 12.1 Å². The summed E-state index contributed by atoms with van der Waals surface area (Å²) in [5, 5.41) is 8.55. The van der Waals surface area contributed by atoms with E-state index in [1.807, 2.05) is 6.07 Å². The van der Waals surface area contributed by atoms with E-state index in [4.69, 9.17) is 5.26 Å². The summed E-state index contributed by atoms with van der Waals surface area (Å²) >= 11 is 0. The molecule has 0 spiro atoms. The average Bonchev–Trinajstić information content (AvgIpc) is 2.31. The van der Waals surface area contributed by atoms with Crippen LogP contribution in [0.3, 0.4) is 0 Å². The van der Waals surface area contributed by atoms with Crippen LogP contribution in [0, 0.1) is 23.0 Å². The largest absolute Gasteiger partial charge is 0.363 e. The van der Waals surface area contributed by atoms with Crippen LogP contribution in [0.4, 0.5) is 14.5 Å². The van der Waals surface area contributed by atoms with Crippen molar-refractivity contribution in [2.75, 3.05) is 11.4 Å². The zero-order valence-electron chi connectivity index (χ0n) is 10.3. The van der Waals surface area contributed by atoms with Crippen molar-refractivity contribution >= 4 is 12.0 Å². The molecule has 1 rings (SSSR count). The number of carbonyl (C=O) groups is 1. The van der Waals surface area contributed by atoms with Crippen LogP contribution >= 0.6 is 0 Å². The van der Waals surface area contributed by atoms with Gasteiger partial charge in [0.15, 0.2) is 0 Å². The highest BCUT2D eigenvalue weighted by Crippen LogP contribution is 2.26. The Bertz CT molecular complexity index is 457. The molecule has 0 aliphatic heterocycles. The molecule has 0 saturated heterocycles. The monoisotopic (exact) mass is 252 g/mol. The molecular formula is C13H14F2N2O. The van der Waals surface area contributed by atoms with E-state index in [-0.39, 0.29) is 30.3 Å². The molecule has 0 radical (unpaired) electrons. The number of anilines is 1.